The number of anilines is 1. The third-order valence-electron chi connectivity index (χ3n) is 7.27. The molecule has 0 aliphatic carbocycles. The Hall–Kier alpha value is -3.39. The summed E-state index contributed by atoms with van der Waals surface area (Å²) in [5, 5.41) is 26.5. The molecule has 1 aliphatic heterocycles. The summed E-state index contributed by atoms with van der Waals surface area (Å²) in [7, 11) is -3.14. The maximum absolute atomic E-state index is 14.0. The van der Waals surface area contributed by atoms with Crippen LogP contribution in [0.4, 0.5) is 5.82 Å². The first kappa shape index (κ1) is 32.5. The van der Waals surface area contributed by atoms with Gasteiger partial charge in [0.15, 0.2) is 17.5 Å². The van der Waals surface area contributed by atoms with Crippen LogP contribution < -0.4 is 10.3 Å². The van der Waals surface area contributed by atoms with Crippen molar-refractivity contribution in [1.82, 2.24) is 14.6 Å². The lowest BCUT2D eigenvalue weighted by Crippen LogP contribution is -2.48. The number of aromatic nitrogens is 3. The molecule has 4 N–H and O–H groups in total. The van der Waals surface area contributed by atoms with Crippen LogP contribution in [0.1, 0.15) is 45.4 Å². The predicted molar refractivity (Wildman–Crippen MR) is 157 cm³/mol. The summed E-state index contributed by atoms with van der Waals surface area (Å²) in [6, 6.07) is 11.4. The van der Waals surface area contributed by atoms with Gasteiger partial charge in [0.1, 0.15) is 35.9 Å². The van der Waals surface area contributed by atoms with Gasteiger partial charge in [0, 0.05) is 13.3 Å². The van der Waals surface area contributed by atoms with E-state index in [9.17, 15) is 19.6 Å². The number of phosphoric acid groups is 1. The molecule has 14 nitrogen and oxygen atoms in total. The van der Waals surface area contributed by atoms with Crippen LogP contribution >= 0.6 is 7.82 Å². The van der Waals surface area contributed by atoms with Crippen molar-refractivity contribution in [3.05, 3.63) is 54.5 Å². The highest BCUT2D eigenvalue weighted by Gasteiger charge is 2.56. The fourth-order valence-electron chi connectivity index (χ4n) is 4.68. The minimum absolute atomic E-state index is 0.143. The molecule has 0 saturated carbocycles. The Bertz CT molecular complexity index is 1450. The fraction of sp³-hybridized carbons (Fsp3) is 0.500. The summed E-state index contributed by atoms with van der Waals surface area (Å²) in [5.74, 6) is -0.216. The van der Waals surface area contributed by atoms with E-state index in [-0.39, 0.29) is 24.1 Å². The van der Waals surface area contributed by atoms with Gasteiger partial charge in [-0.25, -0.2) is 18.9 Å². The van der Waals surface area contributed by atoms with Gasteiger partial charge >= 0.3 is 13.8 Å². The van der Waals surface area contributed by atoms with E-state index in [1.54, 1.807) is 30.3 Å². The van der Waals surface area contributed by atoms with Crippen molar-refractivity contribution in [3.8, 4) is 5.75 Å². The van der Waals surface area contributed by atoms with Gasteiger partial charge in [-0.05, 0) is 37.1 Å². The first-order chi connectivity index (χ1) is 20.6. The van der Waals surface area contributed by atoms with Crippen LogP contribution in [0, 0.1) is 5.92 Å². The molecule has 1 aromatic carbocycles. The monoisotopic (exact) mass is 619 g/mol. The van der Waals surface area contributed by atoms with E-state index in [0.717, 1.165) is 12.8 Å². The second-order valence-corrected chi connectivity index (χ2v) is 11.7. The smallest absolute Gasteiger partial charge is 0.463 e. The Morgan fingerprint density at radius 2 is 1.95 bits per heavy atom. The zero-order valence-corrected chi connectivity index (χ0v) is 25.4. The molecule has 0 spiro atoms. The summed E-state index contributed by atoms with van der Waals surface area (Å²) < 4.78 is 43.9. The predicted octanol–water partition coefficient (Wildman–Crippen LogP) is 3.13. The number of hydrogen-bond acceptors (Lipinski definition) is 13. The van der Waals surface area contributed by atoms with E-state index in [0.29, 0.717) is 11.2 Å². The molecule has 1 saturated heterocycles. The zero-order valence-electron chi connectivity index (χ0n) is 24.5. The number of nitrogen functional groups attached to an aromatic ring is 1. The number of aliphatic hydroxyl groups excluding tert-OH is 2. The van der Waals surface area contributed by atoms with Gasteiger partial charge in [-0.2, -0.15) is 5.10 Å². The van der Waals surface area contributed by atoms with Crippen LogP contribution in [-0.4, -0.2) is 81.2 Å². The van der Waals surface area contributed by atoms with E-state index in [4.69, 9.17) is 28.8 Å². The summed E-state index contributed by atoms with van der Waals surface area (Å²) in [5.41, 5.74) is 4.98. The lowest BCUT2D eigenvalue weighted by Gasteiger charge is -2.30. The summed E-state index contributed by atoms with van der Waals surface area (Å²) in [6.45, 7) is 4.91. The first-order valence-electron chi connectivity index (χ1n) is 14.0. The van der Waals surface area contributed by atoms with E-state index < -0.39 is 50.4 Å². The van der Waals surface area contributed by atoms with Gasteiger partial charge in [0.25, 0.3) is 0 Å². The molecule has 1 unspecified atom stereocenters. The number of nitrogens with two attached hydrogens (primary N) is 1. The number of ether oxygens (including phenoxy) is 2. The Morgan fingerprint density at radius 1 is 1.23 bits per heavy atom. The van der Waals surface area contributed by atoms with Crippen molar-refractivity contribution in [2.45, 2.75) is 63.6 Å². The van der Waals surface area contributed by atoms with Crippen molar-refractivity contribution in [3.63, 3.8) is 0 Å². The quantitative estimate of drug-likeness (QED) is 0.136. The molecular weight excluding hydrogens is 581 g/mol. The third-order valence-corrected chi connectivity index (χ3v) is 8.73. The van der Waals surface area contributed by atoms with Crippen LogP contribution in [0.5, 0.6) is 5.75 Å². The molecule has 0 radical (unpaired) electrons. The lowest BCUT2D eigenvalue weighted by atomic mass is 9.96. The Kier molecular flexibility index (Phi) is 10.5. The number of carbonyl (C=O) groups excluding carboxylic acids is 1. The molecule has 1 fully saturated rings. The number of hydrogen-bond donors (Lipinski definition) is 3. The van der Waals surface area contributed by atoms with Gasteiger partial charge in [-0.3, -0.25) is 14.0 Å². The minimum atomic E-state index is -4.58. The summed E-state index contributed by atoms with van der Waals surface area (Å²) in [6.07, 6.45) is -1.39. The van der Waals surface area contributed by atoms with E-state index in [1.165, 1.54) is 43.2 Å². The number of fused-ring (bicyclic) bond motifs is 1. The average molecular weight is 620 g/mol. The molecule has 43 heavy (non-hydrogen) atoms. The van der Waals surface area contributed by atoms with Crippen molar-refractivity contribution < 1.29 is 42.6 Å². The summed E-state index contributed by atoms with van der Waals surface area (Å²) >= 11 is 0. The number of nitrogens with zero attached hydrogens (tertiary/aromatic N) is 4. The molecule has 1 aliphatic rings. The molecule has 4 rings (SSSR count). The highest BCUT2D eigenvalue weighted by atomic mass is 31.2. The second-order valence-electron chi connectivity index (χ2n) is 10.2. The number of phosphoric ester groups is 1. The number of esters is 1. The molecule has 15 heteroatoms. The van der Waals surface area contributed by atoms with Gasteiger partial charge in [-0.15, -0.1) is 0 Å². The molecule has 6 atom stereocenters. The van der Waals surface area contributed by atoms with Crippen LogP contribution in [0.25, 0.3) is 5.52 Å². The molecule has 234 valence electrons. The molecule has 2 aromatic heterocycles. The topological polar surface area (TPSA) is 189 Å². The number of aliphatic imine (C=N–C) groups is 1. The van der Waals surface area contributed by atoms with Gasteiger partial charge in [-0.1, -0.05) is 44.9 Å². The largest absolute Gasteiger partial charge is 0.531 e. The maximum atomic E-state index is 14.0. The van der Waals surface area contributed by atoms with E-state index >= 15 is 0 Å². The van der Waals surface area contributed by atoms with Crippen molar-refractivity contribution in [1.29, 1.82) is 0 Å². The fourth-order valence-corrected chi connectivity index (χ4v) is 6.05. The highest BCUT2D eigenvalue weighted by molar-refractivity contribution is 7.49. The zero-order chi connectivity index (χ0) is 31.2. The van der Waals surface area contributed by atoms with Crippen molar-refractivity contribution in [2.24, 2.45) is 10.9 Å². The van der Waals surface area contributed by atoms with Crippen LogP contribution in [0.15, 0.2) is 53.8 Å². The van der Waals surface area contributed by atoms with E-state index in [1.807, 2.05) is 13.8 Å². The third kappa shape index (κ3) is 7.23. The number of carbonyl (C=O) groups is 1. The van der Waals surface area contributed by atoms with Gasteiger partial charge in [0.2, 0.25) is 0 Å². The molecular formula is C28H38N5O9P. The number of benzene rings is 1. The van der Waals surface area contributed by atoms with Crippen molar-refractivity contribution >= 4 is 31.3 Å². The normalized spacial score (nSPS) is 24.4. The number of rotatable bonds is 14. The van der Waals surface area contributed by atoms with Crippen molar-refractivity contribution in [2.75, 3.05) is 26.0 Å². The Labute approximate surface area is 249 Å². The molecule has 3 heterocycles. The number of para-hydroxylation sites is 1. The Morgan fingerprint density at radius 3 is 2.63 bits per heavy atom. The number of aliphatic hydroxyl groups is 2. The second kappa shape index (κ2) is 13.9. The first-order valence-corrected chi connectivity index (χ1v) is 15.4. The van der Waals surface area contributed by atoms with Crippen LogP contribution in [0.2, 0.25) is 0 Å². The lowest BCUT2D eigenvalue weighted by molar-refractivity contribution is -0.153. The SMILES string of the molecule is CCC(CC)COC(=O)[C@H](C)OP(=O)(OC[C@@]1(C=NC)O[C@@H](c2ccc3c(N)ncnn23)[C@H](O)[C@@H]1O)Oc1ccccc1. The van der Waals surface area contributed by atoms with Crippen LogP contribution in [0.3, 0.4) is 0 Å². The summed E-state index contributed by atoms with van der Waals surface area (Å²) in [4.78, 5) is 20.7. The maximum Gasteiger partial charge on any atom is 0.531 e. The molecule has 3 aromatic rings. The molecule has 0 amide bonds. The average Bonchev–Trinajstić information content (AvgIpc) is 3.53. The van der Waals surface area contributed by atoms with Crippen LogP contribution in [-0.2, 0) is 27.9 Å². The van der Waals surface area contributed by atoms with Gasteiger partial charge in [0.05, 0.1) is 18.9 Å². The molecule has 0 bridgehead atoms. The van der Waals surface area contributed by atoms with E-state index in [2.05, 4.69) is 15.1 Å². The van der Waals surface area contributed by atoms with Gasteiger partial charge < -0.3 is 29.9 Å². The standard InChI is InChI=1S/C28H38N5O9P/c1-5-19(6-2)14-38-27(36)18(3)41-43(37,42-20-10-8-7-9-11-20)39-16-28(15-30-4)25(35)23(34)24(40-28)21-12-13-22-26(29)31-17-32-33(21)22/h7-13,15,17-19,23-25,34-35H,5-6,14,16H2,1-4H3,(H2,29,31,32)/t18-,23-,24-,25-,28+,43?/m0/s1. The highest BCUT2D eigenvalue weighted by Crippen LogP contribution is 2.52. The Balaban J connectivity index is 1.58. The minimum Gasteiger partial charge on any atom is -0.463 e.